The Labute approximate surface area is 283 Å². The van der Waals surface area contributed by atoms with Crippen LogP contribution in [0.4, 0.5) is 17.1 Å². The van der Waals surface area contributed by atoms with Crippen LogP contribution in [0.15, 0.2) is 125 Å². The highest BCUT2D eigenvalue weighted by Crippen LogP contribution is 2.23. The summed E-state index contributed by atoms with van der Waals surface area (Å²) in [7, 11) is 5.65. The van der Waals surface area contributed by atoms with Gasteiger partial charge in [-0.2, -0.15) is 0 Å². The fourth-order valence-electron chi connectivity index (χ4n) is 4.88. The Hall–Kier alpha value is -5.81. The van der Waals surface area contributed by atoms with E-state index in [4.69, 9.17) is 0 Å². The van der Waals surface area contributed by atoms with Crippen LogP contribution in [-0.2, 0) is 16.6 Å². The van der Waals surface area contributed by atoms with Crippen LogP contribution < -0.4 is 26.4 Å². The maximum Gasteiger partial charge on any atom is 0.295 e. The Morgan fingerprint density at radius 3 is 2.17 bits per heavy atom. The quantitative estimate of drug-likeness (QED) is 0.124. The number of hydrogen-bond donors (Lipinski definition) is 3. The van der Waals surface area contributed by atoms with Gasteiger partial charge in [-0.25, -0.2) is 4.68 Å². The Balaban J connectivity index is 1.28. The van der Waals surface area contributed by atoms with Crippen molar-refractivity contribution < 1.29 is 14.4 Å². The number of nitrogens with zero attached hydrogens (tertiary/aromatic N) is 3. The number of benzene rings is 4. The van der Waals surface area contributed by atoms with Crippen LogP contribution in [0.2, 0.25) is 0 Å². The molecule has 0 aliphatic rings. The van der Waals surface area contributed by atoms with E-state index in [1.165, 1.54) is 16.4 Å². The first kappa shape index (κ1) is 33.6. The number of anilines is 3. The minimum absolute atomic E-state index is 0.0394. The molecule has 244 valence electrons. The molecule has 0 saturated carbocycles. The van der Waals surface area contributed by atoms with Crippen molar-refractivity contribution in [2.45, 2.75) is 11.8 Å². The maximum absolute atomic E-state index is 13.5. The molecule has 48 heavy (non-hydrogen) atoms. The molecule has 0 atom stereocenters. The van der Waals surface area contributed by atoms with Crippen LogP contribution in [0, 0.1) is 6.92 Å². The molecule has 1 heterocycles. The molecule has 0 saturated heterocycles. The molecule has 3 N–H and O–H groups in total. The largest absolute Gasteiger partial charge is 0.378 e. The van der Waals surface area contributed by atoms with Gasteiger partial charge in [-0.05, 0) is 73.2 Å². The number of carbonyl (C=O) groups is 3. The molecular weight excluding hydrogens is 625 g/mol. The molecule has 4 aromatic carbocycles. The highest BCUT2D eigenvalue weighted by atomic mass is 32.2. The first-order valence-corrected chi connectivity index (χ1v) is 16.1. The Morgan fingerprint density at radius 1 is 0.833 bits per heavy atom. The molecular formula is C37H36N6O4S. The summed E-state index contributed by atoms with van der Waals surface area (Å²) in [5, 5.41) is 8.39. The molecule has 0 aliphatic heterocycles. The van der Waals surface area contributed by atoms with E-state index in [9.17, 15) is 19.2 Å². The number of aromatic nitrogens is 2. The molecule has 0 fully saturated rings. The van der Waals surface area contributed by atoms with E-state index in [0.717, 1.165) is 16.1 Å². The zero-order valence-electron chi connectivity index (χ0n) is 27.1. The normalized spacial score (nSPS) is 11.1. The van der Waals surface area contributed by atoms with Crippen molar-refractivity contribution >= 4 is 52.6 Å². The van der Waals surface area contributed by atoms with Gasteiger partial charge in [-0.3, -0.25) is 23.9 Å². The molecule has 0 spiro atoms. The Kier molecular flexibility index (Phi) is 10.6. The third kappa shape index (κ3) is 8.12. The molecule has 0 aliphatic carbocycles. The van der Waals surface area contributed by atoms with Crippen LogP contribution in [0.25, 0.3) is 11.8 Å². The number of hydrogen-bond acceptors (Lipinski definition) is 6. The van der Waals surface area contributed by atoms with Gasteiger partial charge in [0.1, 0.15) is 11.4 Å². The van der Waals surface area contributed by atoms with Crippen molar-refractivity contribution in [2.75, 3.05) is 35.4 Å². The lowest BCUT2D eigenvalue weighted by molar-refractivity contribution is -0.114. The summed E-state index contributed by atoms with van der Waals surface area (Å²) >= 11 is 1.26. The Morgan fingerprint density at radius 2 is 1.50 bits per heavy atom. The molecule has 1 aromatic heterocycles. The SMILES string of the molecule is Cc1c(NC(=O)CSc2cccc(NC(=O)/C(=C\c3ccc(N(C)C)cc3)NC(=O)c3ccccc3)c2)c(=O)n(-c2ccccc2)n1C. The van der Waals surface area contributed by atoms with Gasteiger partial charge in [0, 0.05) is 43.0 Å². The summed E-state index contributed by atoms with van der Waals surface area (Å²) in [4.78, 5) is 55.4. The van der Waals surface area contributed by atoms with Gasteiger partial charge in [0.2, 0.25) is 5.91 Å². The lowest BCUT2D eigenvalue weighted by Crippen LogP contribution is -2.30. The number of carbonyl (C=O) groups excluding carboxylic acids is 3. The summed E-state index contributed by atoms with van der Waals surface area (Å²) in [6, 6.07) is 32.5. The van der Waals surface area contributed by atoms with Crippen LogP contribution >= 0.6 is 11.8 Å². The van der Waals surface area contributed by atoms with Gasteiger partial charge in [0.25, 0.3) is 17.4 Å². The average molecular weight is 661 g/mol. The summed E-state index contributed by atoms with van der Waals surface area (Å²) < 4.78 is 3.21. The lowest BCUT2D eigenvalue weighted by Gasteiger charge is -2.14. The van der Waals surface area contributed by atoms with E-state index in [1.54, 1.807) is 67.2 Å². The highest BCUT2D eigenvalue weighted by molar-refractivity contribution is 8.00. The van der Waals surface area contributed by atoms with E-state index >= 15 is 0 Å². The van der Waals surface area contributed by atoms with Gasteiger partial charge >= 0.3 is 0 Å². The van der Waals surface area contributed by atoms with Crippen molar-refractivity contribution in [2.24, 2.45) is 7.05 Å². The summed E-state index contributed by atoms with van der Waals surface area (Å²) in [5.41, 5.74) is 3.93. The number of thioether (sulfide) groups is 1. The van der Waals surface area contributed by atoms with Crippen molar-refractivity contribution in [3.05, 3.63) is 142 Å². The molecule has 5 rings (SSSR count). The predicted octanol–water partition coefficient (Wildman–Crippen LogP) is 5.69. The molecule has 0 radical (unpaired) electrons. The van der Waals surface area contributed by atoms with E-state index in [2.05, 4.69) is 16.0 Å². The van der Waals surface area contributed by atoms with Crippen molar-refractivity contribution in [1.29, 1.82) is 0 Å². The zero-order chi connectivity index (χ0) is 34.2. The zero-order valence-corrected chi connectivity index (χ0v) is 27.9. The van der Waals surface area contributed by atoms with E-state index in [1.807, 2.05) is 85.7 Å². The molecule has 5 aromatic rings. The molecule has 11 heteroatoms. The standard InChI is InChI=1S/C37H36N6O4S/c1-25-34(37(47)43(42(25)4)30-15-9-6-10-16-30)40-33(44)24-48-31-17-11-14-28(23-31)38-36(46)32(39-35(45)27-12-7-5-8-13-27)22-26-18-20-29(21-19-26)41(2)3/h5-23H,24H2,1-4H3,(H,38,46)(H,39,45)(H,40,44)/b32-22+. The van der Waals surface area contributed by atoms with Gasteiger partial charge in [-0.15, -0.1) is 11.8 Å². The highest BCUT2D eigenvalue weighted by Gasteiger charge is 2.19. The monoisotopic (exact) mass is 660 g/mol. The molecule has 0 bridgehead atoms. The average Bonchev–Trinajstić information content (AvgIpc) is 3.30. The Bertz CT molecular complexity index is 2020. The van der Waals surface area contributed by atoms with Crippen LogP contribution in [0.1, 0.15) is 21.6 Å². The van der Waals surface area contributed by atoms with E-state index in [-0.39, 0.29) is 28.6 Å². The van der Waals surface area contributed by atoms with Crippen LogP contribution in [-0.4, -0.2) is 46.9 Å². The lowest BCUT2D eigenvalue weighted by atomic mass is 10.1. The fraction of sp³-hybridized carbons (Fsp3) is 0.135. The second-order valence-corrected chi connectivity index (χ2v) is 12.2. The van der Waals surface area contributed by atoms with Gasteiger partial charge in [0.05, 0.1) is 17.1 Å². The maximum atomic E-state index is 13.5. The predicted molar refractivity (Wildman–Crippen MR) is 193 cm³/mol. The van der Waals surface area contributed by atoms with Crippen molar-refractivity contribution in [3.8, 4) is 5.69 Å². The minimum atomic E-state index is -0.509. The van der Waals surface area contributed by atoms with Crippen molar-refractivity contribution in [3.63, 3.8) is 0 Å². The third-order valence-electron chi connectivity index (χ3n) is 7.53. The first-order chi connectivity index (χ1) is 23.1. The van der Waals surface area contributed by atoms with Gasteiger partial charge in [0.15, 0.2) is 0 Å². The summed E-state index contributed by atoms with van der Waals surface area (Å²) in [5.74, 6) is -1.22. The molecule has 0 unspecified atom stereocenters. The summed E-state index contributed by atoms with van der Waals surface area (Å²) in [6.45, 7) is 1.78. The topological polar surface area (TPSA) is 117 Å². The smallest absolute Gasteiger partial charge is 0.295 e. The second-order valence-electron chi connectivity index (χ2n) is 11.1. The first-order valence-electron chi connectivity index (χ1n) is 15.1. The fourth-order valence-corrected chi connectivity index (χ4v) is 5.63. The van der Waals surface area contributed by atoms with Crippen LogP contribution in [0.5, 0.6) is 0 Å². The van der Waals surface area contributed by atoms with Gasteiger partial charge in [-0.1, -0.05) is 54.6 Å². The van der Waals surface area contributed by atoms with Crippen LogP contribution in [0.3, 0.4) is 0 Å². The van der Waals surface area contributed by atoms with Gasteiger partial charge < -0.3 is 20.9 Å². The van der Waals surface area contributed by atoms with Crippen molar-refractivity contribution in [1.82, 2.24) is 14.7 Å². The third-order valence-corrected chi connectivity index (χ3v) is 8.52. The number of para-hydroxylation sites is 1. The second kappa shape index (κ2) is 15.2. The number of rotatable bonds is 11. The molecule has 3 amide bonds. The number of nitrogens with one attached hydrogen (secondary N) is 3. The summed E-state index contributed by atoms with van der Waals surface area (Å²) in [6.07, 6.45) is 1.62. The van der Waals surface area contributed by atoms with E-state index in [0.29, 0.717) is 22.6 Å². The molecule has 10 nitrogen and oxygen atoms in total. The van der Waals surface area contributed by atoms with E-state index < -0.39 is 11.8 Å². The minimum Gasteiger partial charge on any atom is -0.378 e. The number of amides is 3.